The Labute approximate surface area is 171 Å². The van der Waals surface area contributed by atoms with E-state index in [1.807, 2.05) is 32.9 Å². The first-order valence-electron chi connectivity index (χ1n) is 9.61. The van der Waals surface area contributed by atoms with Crippen molar-refractivity contribution in [3.05, 3.63) is 31.1 Å². The SMILES string of the molecule is C=CCOc1cc2ncnc(N3CCN(C(=O)OC(C)(C)C)CC3)c2cc1OC. The van der Waals surface area contributed by atoms with Crippen molar-refractivity contribution in [3.63, 3.8) is 0 Å². The highest BCUT2D eigenvalue weighted by atomic mass is 16.6. The zero-order chi connectivity index (χ0) is 21.0. The summed E-state index contributed by atoms with van der Waals surface area (Å²) < 4.78 is 16.6. The van der Waals surface area contributed by atoms with Crippen LogP contribution in [-0.4, -0.2) is 66.5 Å². The summed E-state index contributed by atoms with van der Waals surface area (Å²) in [4.78, 5) is 25.1. The van der Waals surface area contributed by atoms with Crippen LogP contribution in [0.2, 0.25) is 0 Å². The Hall–Kier alpha value is -3.03. The summed E-state index contributed by atoms with van der Waals surface area (Å²) in [5, 5.41) is 0.876. The second kappa shape index (κ2) is 8.55. The first-order chi connectivity index (χ1) is 13.8. The smallest absolute Gasteiger partial charge is 0.410 e. The monoisotopic (exact) mass is 400 g/mol. The molecule has 1 fully saturated rings. The summed E-state index contributed by atoms with van der Waals surface area (Å²) in [5.41, 5.74) is 0.267. The van der Waals surface area contributed by atoms with Crippen LogP contribution in [-0.2, 0) is 4.74 Å². The number of anilines is 1. The van der Waals surface area contributed by atoms with Gasteiger partial charge in [-0.2, -0.15) is 0 Å². The molecule has 1 amide bonds. The highest BCUT2D eigenvalue weighted by Gasteiger charge is 2.27. The first kappa shape index (κ1) is 20.7. The van der Waals surface area contributed by atoms with Gasteiger partial charge in [0.2, 0.25) is 0 Å². The number of rotatable bonds is 5. The standard InChI is InChI=1S/C21H28N4O4/c1-6-11-28-18-13-16-15(12-17(18)27-5)19(23-14-22-16)24-7-9-25(10-8-24)20(26)29-21(2,3)4/h6,12-14H,1,7-11H2,2-5H3. The van der Waals surface area contributed by atoms with E-state index in [0.29, 0.717) is 44.3 Å². The number of fused-ring (bicyclic) bond motifs is 1. The van der Waals surface area contributed by atoms with Gasteiger partial charge in [0.15, 0.2) is 11.5 Å². The zero-order valence-electron chi connectivity index (χ0n) is 17.5. The number of carbonyl (C=O) groups is 1. The summed E-state index contributed by atoms with van der Waals surface area (Å²) in [5.74, 6) is 2.04. The normalized spacial score (nSPS) is 14.6. The molecule has 0 saturated carbocycles. The van der Waals surface area contributed by atoms with Crippen molar-refractivity contribution < 1.29 is 19.0 Å². The first-order valence-corrected chi connectivity index (χ1v) is 9.61. The van der Waals surface area contributed by atoms with Crippen molar-refractivity contribution in [1.82, 2.24) is 14.9 Å². The molecule has 0 N–H and O–H groups in total. The average molecular weight is 400 g/mol. The molecule has 0 radical (unpaired) electrons. The summed E-state index contributed by atoms with van der Waals surface area (Å²) >= 11 is 0. The maximum atomic E-state index is 12.3. The minimum absolute atomic E-state index is 0.282. The van der Waals surface area contributed by atoms with Crippen LogP contribution in [0.3, 0.4) is 0 Å². The highest BCUT2D eigenvalue weighted by molar-refractivity contribution is 5.92. The van der Waals surface area contributed by atoms with E-state index < -0.39 is 5.60 Å². The number of hydrogen-bond donors (Lipinski definition) is 0. The van der Waals surface area contributed by atoms with Crippen LogP contribution in [0.15, 0.2) is 31.1 Å². The van der Waals surface area contributed by atoms with Gasteiger partial charge >= 0.3 is 6.09 Å². The molecule has 1 aliphatic heterocycles. The van der Waals surface area contributed by atoms with Gasteiger partial charge in [-0.15, -0.1) is 0 Å². The molecular weight excluding hydrogens is 372 g/mol. The van der Waals surface area contributed by atoms with Gasteiger partial charge < -0.3 is 24.0 Å². The maximum Gasteiger partial charge on any atom is 0.410 e. The van der Waals surface area contributed by atoms with Crippen LogP contribution in [0.4, 0.5) is 10.6 Å². The molecule has 0 bridgehead atoms. The van der Waals surface area contributed by atoms with Gasteiger partial charge in [0.1, 0.15) is 24.4 Å². The lowest BCUT2D eigenvalue weighted by Crippen LogP contribution is -2.50. The molecule has 0 aliphatic carbocycles. The van der Waals surface area contributed by atoms with Crippen LogP contribution < -0.4 is 14.4 Å². The Balaban J connectivity index is 1.80. The number of benzene rings is 1. The third kappa shape index (κ3) is 4.88. The molecule has 2 heterocycles. The van der Waals surface area contributed by atoms with Crippen molar-refractivity contribution >= 4 is 22.8 Å². The molecule has 1 saturated heterocycles. The van der Waals surface area contributed by atoms with E-state index in [1.54, 1.807) is 24.4 Å². The summed E-state index contributed by atoms with van der Waals surface area (Å²) in [7, 11) is 1.60. The van der Waals surface area contributed by atoms with Crippen molar-refractivity contribution in [3.8, 4) is 11.5 Å². The summed E-state index contributed by atoms with van der Waals surface area (Å²) in [6.45, 7) is 12.1. The van der Waals surface area contributed by atoms with E-state index >= 15 is 0 Å². The fourth-order valence-corrected chi connectivity index (χ4v) is 3.15. The fraction of sp³-hybridized carbons (Fsp3) is 0.476. The van der Waals surface area contributed by atoms with Crippen molar-refractivity contribution in [2.75, 3.05) is 44.8 Å². The number of aromatic nitrogens is 2. The molecular formula is C21H28N4O4. The van der Waals surface area contributed by atoms with E-state index in [-0.39, 0.29) is 6.09 Å². The predicted molar refractivity (Wildman–Crippen MR) is 112 cm³/mol. The number of amides is 1. The Morgan fingerprint density at radius 3 is 2.52 bits per heavy atom. The van der Waals surface area contributed by atoms with E-state index in [2.05, 4.69) is 21.4 Å². The zero-order valence-corrected chi connectivity index (χ0v) is 17.5. The molecule has 0 atom stereocenters. The van der Waals surface area contributed by atoms with E-state index in [1.165, 1.54) is 0 Å². The third-order valence-electron chi connectivity index (χ3n) is 4.49. The Bertz CT molecular complexity index is 886. The minimum atomic E-state index is -0.501. The van der Waals surface area contributed by atoms with Crippen LogP contribution in [0.5, 0.6) is 11.5 Å². The lowest BCUT2D eigenvalue weighted by atomic mass is 10.2. The lowest BCUT2D eigenvalue weighted by molar-refractivity contribution is 0.0240. The van der Waals surface area contributed by atoms with Gasteiger partial charge in [-0.1, -0.05) is 12.7 Å². The quantitative estimate of drug-likeness (QED) is 0.713. The van der Waals surface area contributed by atoms with Crippen LogP contribution in [0.1, 0.15) is 20.8 Å². The second-order valence-electron chi connectivity index (χ2n) is 7.77. The number of carbonyl (C=O) groups excluding carboxylic acids is 1. The van der Waals surface area contributed by atoms with Crippen LogP contribution in [0.25, 0.3) is 10.9 Å². The molecule has 0 unspecified atom stereocenters. The molecule has 1 aromatic heterocycles. The molecule has 29 heavy (non-hydrogen) atoms. The topological polar surface area (TPSA) is 77.0 Å². The minimum Gasteiger partial charge on any atom is -0.493 e. The van der Waals surface area contributed by atoms with Crippen LogP contribution in [0, 0.1) is 0 Å². The molecule has 0 spiro atoms. The van der Waals surface area contributed by atoms with Gasteiger partial charge in [-0.3, -0.25) is 0 Å². The van der Waals surface area contributed by atoms with Gasteiger partial charge in [0.25, 0.3) is 0 Å². The van der Waals surface area contributed by atoms with Crippen molar-refractivity contribution in [1.29, 1.82) is 0 Å². The molecule has 1 aliphatic rings. The van der Waals surface area contributed by atoms with Crippen LogP contribution >= 0.6 is 0 Å². The van der Waals surface area contributed by atoms with Gasteiger partial charge in [-0.25, -0.2) is 14.8 Å². The summed E-state index contributed by atoms with van der Waals surface area (Å²) in [6.07, 6.45) is 2.94. The largest absolute Gasteiger partial charge is 0.493 e. The Morgan fingerprint density at radius 2 is 1.90 bits per heavy atom. The fourth-order valence-electron chi connectivity index (χ4n) is 3.15. The van der Waals surface area contributed by atoms with Crippen molar-refractivity contribution in [2.45, 2.75) is 26.4 Å². The van der Waals surface area contributed by atoms with E-state index in [9.17, 15) is 4.79 Å². The van der Waals surface area contributed by atoms with Crippen molar-refractivity contribution in [2.24, 2.45) is 0 Å². The van der Waals surface area contributed by atoms with Gasteiger partial charge in [-0.05, 0) is 26.8 Å². The molecule has 3 rings (SSSR count). The lowest BCUT2D eigenvalue weighted by Gasteiger charge is -2.36. The van der Waals surface area contributed by atoms with E-state index in [0.717, 1.165) is 16.7 Å². The second-order valence-corrected chi connectivity index (χ2v) is 7.77. The molecule has 8 heteroatoms. The number of piperazine rings is 1. The predicted octanol–water partition coefficient (Wildman–Crippen LogP) is 3.26. The molecule has 1 aromatic carbocycles. The Kier molecular flexibility index (Phi) is 6.10. The molecule has 8 nitrogen and oxygen atoms in total. The van der Waals surface area contributed by atoms with Gasteiger partial charge in [0.05, 0.1) is 12.6 Å². The number of methoxy groups -OCH3 is 1. The molecule has 156 valence electrons. The Morgan fingerprint density at radius 1 is 1.17 bits per heavy atom. The molecule has 2 aromatic rings. The van der Waals surface area contributed by atoms with Gasteiger partial charge in [0, 0.05) is 37.6 Å². The number of ether oxygens (including phenoxy) is 3. The maximum absolute atomic E-state index is 12.3. The summed E-state index contributed by atoms with van der Waals surface area (Å²) in [6, 6.07) is 3.74. The average Bonchev–Trinajstić information content (AvgIpc) is 2.69. The van der Waals surface area contributed by atoms with E-state index in [4.69, 9.17) is 14.2 Å². The number of hydrogen-bond acceptors (Lipinski definition) is 7. The number of nitrogens with zero attached hydrogens (tertiary/aromatic N) is 4. The highest BCUT2D eigenvalue weighted by Crippen LogP contribution is 2.35. The third-order valence-corrected chi connectivity index (χ3v) is 4.49.